The highest BCUT2D eigenvalue weighted by molar-refractivity contribution is 9.10. The van der Waals surface area contributed by atoms with E-state index in [0.29, 0.717) is 20.9 Å². The second-order valence-electron chi connectivity index (χ2n) is 3.63. The van der Waals surface area contributed by atoms with E-state index in [0.717, 1.165) is 0 Å². The largest absolute Gasteiger partial charge is 0.478 e. The zero-order valence-corrected chi connectivity index (χ0v) is 12.6. The molecule has 0 radical (unpaired) electrons. The number of carbonyl (C=O) groups excluding carboxylic acids is 2. The Morgan fingerprint density at radius 3 is 2.63 bits per heavy atom. The molecule has 1 atom stereocenters. The van der Waals surface area contributed by atoms with E-state index in [-0.39, 0.29) is 0 Å². The Labute approximate surface area is 123 Å². The molecule has 4 N–H and O–H groups in total. The van der Waals surface area contributed by atoms with Crippen LogP contribution in [0.2, 0.25) is 5.02 Å². The number of ether oxygens (including phenoxy) is 1. The van der Waals surface area contributed by atoms with Gasteiger partial charge in [0.05, 0.1) is 10.2 Å². The molecular weight excluding hydrogens is 337 g/mol. The highest BCUT2D eigenvalue weighted by Gasteiger charge is 2.19. The van der Waals surface area contributed by atoms with E-state index in [9.17, 15) is 9.59 Å². The van der Waals surface area contributed by atoms with Gasteiger partial charge in [0, 0.05) is 12.1 Å². The lowest BCUT2D eigenvalue weighted by Crippen LogP contribution is -2.44. The monoisotopic (exact) mass is 349 g/mol. The smallest absolute Gasteiger partial charge is 0.321 e. The van der Waals surface area contributed by atoms with Gasteiger partial charge in [0.15, 0.2) is 11.9 Å². The maximum atomic E-state index is 11.6. The molecule has 0 fully saturated rings. The minimum absolute atomic E-state index is 0.291. The number of nitrogens with one attached hydrogen (secondary N) is 2. The molecular formula is C11H13BrClN3O3. The fourth-order valence-electron chi connectivity index (χ4n) is 1.21. The van der Waals surface area contributed by atoms with Crippen molar-refractivity contribution in [1.82, 2.24) is 10.6 Å². The van der Waals surface area contributed by atoms with Gasteiger partial charge < -0.3 is 15.8 Å². The van der Waals surface area contributed by atoms with Crippen LogP contribution in [0.1, 0.15) is 6.92 Å². The van der Waals surface area contributed by atoms with Crippen LogP contribution in [0.4, 0.5) is 10.5 Å². The molecule has 3 amide bonds. The van der Waals surface area contributed by atoms with Gasteiger partial charge in [-0.05, 0) is 35.0 Å². The number of carbonyl (C=O) groups is 2. The fraction of sp³-hybridized carbons (Fsp3) is 0.273. The number of nitrogen functional groups attached to an aromatic ring is 1. The van der Waals surface area contributed by atoms with Crippen LogP contribution in [0, 0.1) is 0 Å². The third kappa shape index (κ3) is 4.29. The highest BCUT2D eigenvalue weighted by Crippen LogP contribution is 2.35. The number of hydrogen-bond acceptors (Lipinski definition) is 4. The van der Waals surface area contributed by atoms with Gasteiger partial charge in [0.25, 0.3) is 5.91 Å². The molecule has 0 aliphatic heterocycles. The van der Waals surface area contributed by atoms with Gasteiger partial charge >= 0.3 is 6.03 Å². The lowest BCUT2D eigenvalue weighted by molar-refractivity contribution is -0.126. The lowest BCUT2D eigenvalue weighted by atomic mass is 10.3. The standard InChI is InChI=1S/C11H13BrClN3O3/c1-5(10(17)16-11(18)15-2)19-9-7(12)3-6(13)4-8(9)14/h3-5H,14H2,1-2H3,(H2,15,16,17,18). The van der Waals surface area contributed by atoms with Crippen molar-refractivity contribution in [3.63, 3.8) is 0 Å². The number of hydrogen-bond donors (Lipinski definition) is 3. The van der Waals surface area contributed by atoms with E-state index < -0.39 is 18.0 Å². The summed E-state index contributed by atoms with van der Waals surface area (Å²) in [4.78, 5) is 22.6. The Morgan fingerprint density at radius 1 is 1.47 bits per heavy atom. The number of urea groups is 1. The molecule has 104 valence electrons. The molecule has 6 nitrogen and oxygen atoms in total. The van der Waals surface area contributed by atoms with Gasteiger partial charge in [0.1, 0.15) is 0 Å². The van der Waals surface area contributed by atoms with Crippen molar-refractivity contribution in [3.8, 4) is 5.75 Å². The second-order valence-corrected chi connectivity index (χ2v) is 4.93. The van der Waals surface area contributed by atoms with Gasteiger partial charge in [0.2, 0.25) is 0 Å². The first kappa shape index (κ1) is 15.6. The molecule has 0 saturated heterocycles. The number of nitrogens with two attached hydrogens (primary N) is 1. The lowest BCUT2D eigenvalue weighted by Gasteiger charge is -2.16. The quantitative estimate of drug-likeness (QED) is 0.726. The molecule has 0 aliphatic carbocycles. The summed E-state index contributed by atoms with van der Waals surface area (Å²) in [6.07, 6.45) is -0.892. The first-order valence-corrected chi connectivity index (χ1v) is 6.46. The van der Waals surface area contributed by atoms with Crippen molar-refractivity contribution in [2.24, 2.45) is 0 Å². The molecule has 0 saturated carbocycles. The van der Waals surface area contributed by atoms with Crippen LogP contribution in [0.3, 0.4) is 0 Å². The van der Waals surface area contributed by atoms with Gasteiger partial charge in [-0.15, -0.1) is 0 Å². The molecule has 0 aliphatic rings. The van der Waals surface area contributed by atoms with Crippen molar-refractivity contribution in [1.29, 1.82) is 0 Å². The Balaban J connectivity index is 2.80. The van der Waals surface area contributed by atoms with Crippen LogP contribution >= 0.6 is 27.5 Å². The predicted octanol–water partition coefficient (Wildman–Crippen LogP) is 1.91. The van der Waals surface area contributed by atoms with Crippen molar-refractivity contribution in [3.05, 3.63) is 21.6 Å². The molecule has 19 heavy (non-hydrogen) atoms. The van der Waals surface area contributed by atoms with Crippen LogP contribution < -0.4 is 21.1 Å². The molecule has 0 spiro atoms. The molecule has 1 aromatic rings. The third-order valence-electron chi connectivity index (χ3n) is 2.16. The average molecular weight is 351 g/mol. The number of rotatable bonds is 3. The third-order valence-corrected chi connectivity index (χ3v) is 2.97. The topological polar surface area (TPSA) is 93.5 Å². The Kier molecular flexibility index (Phi) is 5.44. The van der Waals surface area contributed by atoms with Crippen molar-refractivity contribution >= 4 is 45.2 Å². The van der Waals surface area contributed by atoms with Crippen LogP contribution in [-0.2, 0) is 4.79 Å². The van der Waals surface area contributed by atoms with Crippen molar-refractivity contribution in [2.75, 3.05) is 12.8 Å². The first-order chi connectivity index (χ1) is 8.85. The molecule has 1 aromatic carbocycles. The van der Waals surface area contributed by atoms with E-state index in [1.807, 2.05) is 0 Å². The molecule has 1 rings (SSSR count). The summed E-state index contributed by atoms with van der Waals surface area (Å²) < 4.78 is 5.94. The number of amides is 3. The summed E-state index contributed by atoms with van der Waals surface area (Å²) in [5, 5.41) is 4.81. The van der Waals surface area contributed by atoms with Crippen molar-refractivity contribution < 1.29 is 14.3 Å². The van der Waals surface area contributed by atoms with E-state index in [2.05, 4.69) is 26.6 Å². The van der Waals surface area contributed by atoms with Gasteiger partial charge in [-0.25, -0.2) is 4.79 Å². The van der Waals surface area contributed by atoms with Crippen molar-refractivity contribution in [2.45, 2.75) is 13.0 Å². The van der Waals surface area contributed by atoms with Crippen LogP contribution in [0.15, 0.2) is 16.6 Å². The summed E-state index contributed by atoms with van der Waals surface area (Å²) in [5.74, 6) is -0.287. The normalized spacial score (nSPS) is 11.6. The minimum atomic E-state index is -0.892. The molecule has 8 heteroatoms. The summed E-state index contributed by atoms with van der Waals surface area (Å²) in [6, 6.07) is 2.49. The molecule has 0 bridgehead atoms. The molecule has 0 heterocycles. The average Bonchev–Trinajstić information content (AvgIpc) is 2.32. The Morgan fingerprint density at radius 2 is 2.11 bits per heavy atom. The van der Waals surface area contributed by atoms with E-state index in [1.54, 1.807) is 6.07 Å². The summed E-state index contributed by atoms with van der Waals surface area (Å²) >= 11 is 9.05. The van der Waals surface area contributed by atoms with Crippen LogP contribution in [-0.4, -0.2) is 25.1 Å². The number of anilines is 1. The van der Waals surface area contributed by atoms with Gasteiger partial charge in [-0.2, -0.15) is 0 Å². The minimum Gasteiger partial charge on any atom is -0.478 e. The summed E-state index contributed by atoms with van der Waals surface area (Å²) in [5.41, 5.74) is 6.04. The molecule has 0 aromatic heterocycles. The van der Waals surface area contributed by atoms with Gasteiger partial charge in [-0.1, -0.05) is 11.6 Å². The number of benzene rings is 1. The number of imide groups is 1. The molecule has 1 unspecified atom stereocenters. The Bertz CT molecular complexity index is 487. The summed E-state index contributed by atoms with van der Waals surface area (Å²) in [7, 11) is 1.40. The first-order valence-electron chi connectivity index (χ1n) is 5.29. The van der Waals surface area contributed by atoms with Crippen LogP contribution in [0.5, 0.6) is 5.75 Å². The SMILES string of the molecule is CNC(=O)NC(=O)C(C)Oc1c(N)cc(Cl)cc1Br. The maximum absolute atomic E-state index is 11.6. The highest BCUT2D eigenvalue weighted by atomic mass is 79.9. The van der Waals surface area contributed by atoms with E-state index in [1.165, 1.54) is 20.0 Å². The fourth-order valence-corrected chi connectivity index (χ4v) is 2.14. The predicted molar refractivity (Wildman–Crippen MR) is 76.3 cm³/mol. The second kappa shape index (κ2) is 6.63. The zero-order chi connectivity index (χ0) is 14.6. The number of halogens is 2. The van der Waals surface area contributed by atoms with E-state index in [4.69, 9.17) is 22.1 Å². The summed E-state index contributed by atoms with van der Waals surface area (Å²) in [6.45, 7) is 1.50. The van der Waals surface area contributed by atoms with Gasteiger partial charge in [-0.3, -0.25) is 10.1 Å². The van der Waals surface area contributed by atoms with E-state index >= 15 is 0 Å². The Hall–Kier alpha value is -1.47. The van der Waals surface area contributed by atoms with Crippen LogP contribution in [0.25, 0.3) is 0 Å². The zero-order valence-electron chi connectivity index (χ0n) is 10.3. The maximum Gasteiger partial charge on any atom is 0.321 e.